The normalized spacial score (nSPS) is 16.6. The van der Waals surface area contributed by atoms with E-state index in [0.29, 0.717) is 12.0 Å². The van der Waals surface area contributed by atoms with Crippen LogP contribution in [0.1, 0.15) is 12.8 Å². The Kier molecular flexibility index (Phi) is 1.88. The zero-order valence-corrected chi connectivity index (χ0v) is 4.96. The summed E-state index contributed by atoms with van der Waals surface area (Å²) in [7, 11) is 0. The lowest BCUT2D eigenvalue weighted by Gasteiger charge is -2.04. The maximum Gasteiger partial charge on any atom is 0.182 e. The van der Waals surface area contributed by atoms with Gasteiger partial charge in [-0.05, 0) is 18.9 Å². The molecule has 0 fully saturated rings. The van der Waals surface area contributed by atoms with E-state index >= 15 is 0 Å². The van der Waals surface area contributed by atoms with Crippen molar-refractivity contribution in [2.75, 3.05) is 0 Å². The summed E-state index contributed by atoms with van der Waals surface area (Å²) in [5.74, 6) is 0. The van der Waals surface area contributed by atoms with Gasteiger partial charge in [0.25, 0.3) is 0 Å². The third kappa shape index (κ3) is 1.56. The van der Waals surface area contributed by atoms with Gasteiger partial charge in [-0.2, -0.15) is 0 Å². The summed E-state index contributed by atoms with van der Waals surface area (Å²) < 4.78 is 0. The number of aliphatic hydroxyl groups excluding tert-OH is 1. The molecule has 0 atom stereocenters. The van der Waals surface area contributed by atoms with Gasteiger partial charge in [-0.3, -0.25) is 0 Å². The summed E-state index contributed by atoms with van der Waals surface area (Å²) in [6.45, 7) is 0. The molecule has 0 aromatic heterocycles. The highest BCUT2D eigenvalue weighted by Crippen LogP contribution is 2.09. The Bertz CT molecular complexity index is 191. The Labute approximate surface area is 53.4 Å². The van der Waals surface area contributed by atoms with E-state index in [4.69, 9.17) is 10.2 Å². The monoisotopic (exact) mass is 124 g/mol. The molecular formula is C7H8O2. The van der Waals surface area contributed by atoms with Crippen molar-refractivity contribution in [3.63, 3.8) is 0 Å². The minimum atomic E-state index is -1.34. The average molecular weight is 124 g/mol. The average Bonchev–Trinajstić information content (AvgIpc) is 1.90. The Hall–Kier alpha value is -0.780. The van der Waals surface area contributed by atoms with Crippen molar-refractivity contribution >= 4 is 0 Å². The highest BCUT2D eigenvalue weighted by molar-refractivity contribution is 5.09. The number of hydrogen-bond donors (Lipinski definition) is 2. The van der Waals surface area contributed by atoms with Crippen LogP contribution >= 0.6 is 0 Å². The molecule has 0 aromatic carbocycles. The van der Waals surface area contributed by atoms with Crippen LogP contribution in [0.5, 0.6) is 0 Å². The van der Waals surface area contributed by atoms with Crippen molar-refractivity contribution in [2.24, 2.45) is 0 Å². The lowest BCUT2D eigenvalue weighted by atomic mass is 10.1. The molecule has 0 aromatic rings. The first-order valence-electron chi connectivity index (χ1n) is 2.86. The second-order valence-electron chi connectivity index (χ2n) is 1.91. The molecule has 0 aliphatic heterocycles. The van der Waals surface area contributed by atoms with E-state index in [-0.39, 0.29) is 0 Å². The van der Waals surface area contributed by atoms with Crippen LogP contribution in [0.25, 0.3) is 0 Å². The number of allylic oxidation sites excluding steroid dienone is 1. The largest absolute Gasteiger partial charge is 0.364 e. The summed E-state index contributed by atoms with van der Waals surface area (Å²) in [5.41, 5.74) is 5.84. The summed E-state index contributed by atoms with van der Waals surface area (Å²) in [6, 6.07) is 0. The molecule has 0 spiro atoms. The first-order valence-corrected chi connectivity index (χ1v) is 2.86. The Morgan fingerprint density at radius 3 is 2.67 bits per heavy atom. The minimum absolute atomic E-state index is 0.525. The van der Waals surface area contributed by atoms with Gasteiger partial charge in [-0.1, -0.05) is 11.5 Å². The maximum atomic E-state index is 8.58. The van der Waals surface area contributed by atoms with E-state index in [2.05, 4.69) is 11.5 Å². The summed E-state index contributed by atoms with van der Waals surface area (Å²) in [5, 5.41) is 17.2. The van der Waals surface area contributed by atoms with Crippen molar-refractivity contribution in [3.8, 4) is 0 Å². The van der Waals surface area contributed by atoms with Gasteiger partial charge >= 0.3 is 0 Å². The molecule has 1 aliphatic carbocycles. The molecule has 0 amide bonds. The molecular weight excluding hydrogens is 116 g/mol. The molecule has 2 N–H and O–H groups in total. The fourth-order valence-corrected chi connectivity index (χ4v) is 0.700. The van der Waals surface area contributed by atoms with Gasteiger partial charge in [0.2, 0.25) is 0 Å². The second kappa shape index (κ2) is 2.67. The predicted octanol–water partition coefficient (Wildman–Crippen LogP) is 0.328. The number of rotatable bonds is 1. The van der Waals surface area contributed by atoms with Gasteiger partial charge in [-0.15, -0.1) is 0 Å². The maximum absolute atomic E-state index is 8.58. The fourth-order valence-electron chi connectivity index (χ4n) is 0.700. The van der Waals surface area contributed by atoms with Gasteiger partial charge in [-0.25, -0.2) is 0 Å². The van der Waals surface area contributed by atoms with Crippen molar-refractivity contribution in [1.29, 1.82) is 0 Å². The Morgan fingerprint density at radius 1 is 1.56 bits per heavy atom. The topological polar surface area (TPSA) is 40.5 Å². The van der Waals surface area contributed by atoms with Crippen LogP contribution in [0.3, 0.4) is 0 Å². The molecule has 2 heteroatoms. The van der Waals surface area contributed by atoms with Crippen LogP contribution in [0.15, 0.2) is 23.1 Å². The molecule has 0 saturated heterocycles. The van der Waals surface area contributed by atoms with E-state index in [0.717, 1.165) is 6.42 Å². The first-order chi connectivity index (χ1) is 4.30. The van der Waals surface area contributed by atoms with E-state index in [1.807, 2.05) is 6.08 Å². The standard InChI is InChI=1S/C7H8O2/c8-7(9)6-4-2-1-3-5-6/h1,7-9H,2,4H2. The summed E-state index contributed by atoms with van der Waals surface area (Å²) >= 11 is 0. The third-order valence-electron chi connectivity index (χ3n) is 1.20. The van der Waals surface area contributed by atoms with E-state index in [1.165, 1.54) is 0 Å². The van der Waals surface area contributed by atoms with E-state index < -0.39 is 6.29 Å². The van der Waals surface area contributed by atoms with Gasteiger partial charge in [0.05, 0.1) is 0 Å². The lowest BCUT2D eigenvalue weighted by Crippen LogP contribution is -2.07. The highest BCUT2D eigenvalue weighted by atomic mass is 16.5. The minimum Gasteiger partial charge on any atom is -0.364 e. The van der Waals surface area contributed by atoms with E-state index in [1.54, 1.807) is 0 Å². The zero-order chi connectivity index (χ0) is 6.69. The number of aliphatic hydroxyl groups is 2. The van der Waals surface area contributed by atoms with Crippen LogP contribution < -0.4 is 0 Å². The molecule has 9 heavy (non-hydrogen) atoms. The Morgan fingerprint density at radius 2 is 2.33 bits per heavy atom. The van der Waals surface area contributed by atoms with Gasteiger partial charge in [0.1, 0.15) is 0 Å². The predicted molar refractivity (Wildman–Crippen MR) is 32.6 cm³/mol. The molecule has 0 unspecified atom stereocenters. The SMILES string of the molecule is OC(O)C1=C=C=CCC1. The second-order valence-corrected chi connectivity index (χ2v) is 1.91. The van der Waals surface area contributed by atoms with Crippen LogP contribution in [-0.4, -0.2) is 16.5 Å². The van der Waals surface area contributed by atoms with Gasteiger partial charge < -0.3 is 10.2 Å². The van der Waals surface area contributed by atoms with Crippen molar-refractivity contribution in [2.45, 2.75) is 19.1 Å². The van der Waals surface area contributed by atoms with Crippen LogP contribution in [0.4, 0.5) is 0 Å². The zero-order valence-electron chi connectivity index (χ0n) is 4.96. The number of hydrogen-bond acceptors (Lipinski definition) is 2. The summed E-state index contributed by atoms with van der Waals surface area (Å²) in [4.78, 5) is 0. The van der Waals surface area contributed by atoms with Crippen molar-refractivity contribution in [3.05, 3.63) is 23.1 Å². The molecule has 0 radical (unpaired) electrons. The quantitative estimate of drug-likeness (QED) is 0.390. The highest BCUT2D eigenvalue weighted by Gasteiger charge is 2.05. The third-order valence-corrected chi connectivity index (χ3v) is 1.20. The van der Waals surface area contributed by atoms with Gasteiger partial charge in [0.15, 0.2) is 6.29 Å². The molecule has 0 heterocycles. The first kappa shape index (κ1) is 6.34. The smallest absolute Gasteiger partial charge is 0.182 e. The lowest BCUT2D eigenvalue weighted by molar-refractivity contribution is -0.0100. The van der Waals surface area contributed by atoms with Gasteiger partial charge in [0, 0.05) is 5.57 Å². The van der Waals surface area contributed by atoms with Crippen LogP contribution in [-0.2, 0) is 0 Å². The van der Waals surface area contributed by atoms with Crippen LogP contribution in [0.2, 0.25) is 0 Å². The molecule has 1 rings (SSSR count). The Balaban J connectivity index is 2.82. The molecule has 0 saturated carbocycles. The fraction of sp³-hybridized carbons (Fsp3) is 0.429. The van der Waals surface area contributed by atoms with E-state index in [9.17, 15) is 0 Å². The van der Waals surface area contributed by atoms with Crippen LogP contribution in [0, 0.1) is 0 Å². The van der Waals surface area contributed by atoms with Crippen molar-refractivity contribution in [1.82, 2.24) is 0 Å². The summed E-state index contributed by atoms with van der Waals surface area (Å²) in [6.07, 6.45) is 2.00. The molecule has 2 nitrogen and oxygen atoms in total. The molecule has 1 aliphatic rings. The molecule has 0 bridgehead atoms. The van der Waals surface area contributed by atoms with Crippen molar-refractivity contribution < 1.29 is 10.2 Å². The molecule has 48 valence electrons.